The lowest BCUT2D eigenvalue weighted by atomic mass is 10.2. The Bertz CT molecular complexity index is 1230. The highest BCUT2D eigenvalue weighted by atomic mass is 16.5. The summed E-state index contributed by atoms with van der Waals surface area (Å²) in [6, 6.07) is 7.12. The highest BCUT2D eigenvalue weighted by Gasteiger charge is 2.19. The van der Waals surface area contributed by atoms with Crippen molar-refractivity contribution in [3.8, 4) is 17.1 Å². The number of carbonyl (C=O) groups is 1. The zero-order chi connectivity index (χ0) is 22.0. The number of aryl methyl sites for hydroxylation is 1. The van der Waals surface area contributed by atoms with E-state index in [0.717, 1.165) is 17.4 Å². The van der Waals surface area contributed by atoms with E-state index < -0.39 is 17.2 Å². The Hall–Kier alpha value is -3.53. The van der Waals surface area contributed by atoms with E-state index in [9.17, 15) is 14.4 Å². The van der Waals surface area contributed by atoms with Gasteiger partial charge in [-0.1, -0.05) is 0 Å². The van der Waals surface area contributed by atoms with Gasteiger partial charge in [0.1, 0.15) is 17.7 Å². The van der Waals surface area contributed by atoms with Gasteiger partial charge in [-0.2, -0.15) is 0 Å². The van der Waals surface area contributed by atoms with Gasteiger partial charge in [-0.25, -0.2) is 14.8 Å². The van der Waals surface area contributed by atoms with Crippen LogP contribution in [0.25, 0.3) is 22.4 Å². The van der Waals surface area contributed by atoms with Crippen LogP contribution in [0.4, 0.5) is 0 Å². The fourth-order valence-electron chi connectivity index (χ4n) is 3.53. The molecule has 1 atom stereocenters. The summed E-state index contributed by atoms with van der Waals surface area (Å²) in [7, 11) is 3.08. The molecule has 10 nitrogen and oxygen atoms in total. The van der Waals surface area contributed by atoms with Crippen molar-refractivity contribution in [2.24, 2.45) is 7.05 Å². The number of rotatable bonds is 6. The second-order valence-corrected chi connectivity index (χ2v) is 7.33. The second-order valence-electron chi connectivity index (χ2n) is 7.33. The highest BCUT2D eigenvalue weighted by Crippen LogP contribution is 2.20. The first-order chi connectivity index (χ1) is 15.0. The summed E-state index contributed by atoms with van der Waals surface area (Å²) in [5.41, 5.74) is -0.310. The molecule has 0 saturated carbocycles. The number of ether oxygens (including phenoxy) is 2. The van der Waals surface area contributed by atoms with Gasteiger partial charge >= 0.3 is 5.69 Å². The van der Waals surface area contributed by atoms with E-state index in [0.29, 0.717) is 30.3 Å². The van der Waals surface area contributed by atoms with Gasteiger partial charge in [0.15, 0.2) is 11.5 Å². The molecule has 1 aliphatic rings. The molecule has 10 heteroatoms. The van der Waals surface area contributed by atoms with Gasteiger partial charge in [-0.15, -0.1) is 0 Å². The van der Waals surface area contributed by atoms with E-state index in [1.807, 2.05) is 0 Å². The molecule has 0 spiro atoms. The SMILES string of the molecule is COc1ccc(-c2ncc3c(=O)n(CC(=O)NC[C@H]4CCCO4)c(=O)n(C)c3n2)cc1. The number of amides is 1. The van der Waals surface area contributed by atoms with Gasteiger partial charge in [0.2, 0.25) is 5.91 Å². The Morgan fingerprint density at radius 3 is 2.74 bits per heavy atom. The first-order valence-corrected chi connectivity index (χ1v) is 9.97. The minimum absolute atomic E-state index is 0.0233. The van der Waals surface area contributed by atoms with E-state index in [2.05, 4.69) is 15.3 Å². The Labute approximate surface area is 177 Å². The number of hydrogen-bond acceptors (Lipinski definition) is 7. The van der Waals surface area contributed by atoms with Gasteiger partial charge in [0.05, 0.1) is 13.2 Å². The van der Waals surface area contributed by atoms with Crippen molar-refractivity contribution in [2.45, 2.75) is 25.5 Å². The number of benzene rings is 1. The third kappa shape index (κ3) is 4.19. The Kier molecular flexibility index (Phi) is 5.81. The summed E-state index contributed by atoms with van der Waals surface area (Å²) in [5, 5.41) is 2.88. The van der Waals surface area contributed by atoms with Crippen LogP contribution >= 0.6 is 0 Å². The summed E-state index contributed by atoms with van der Waals surface area (Å²) < 4.78 is 12.8. The van der Waals surface area contributed by atoms with Crippen molar-refractivity contribution in [2.75, 3.05) is 20.3 Å². The van der Waals surface area contributed by atoms with Crippen LogP contribution in [0.5, 0.6) is 5.75 Å². The van der Waals surface area contributed by atoms with Crippen LogP contribution in [-0.4, -0.2) is 51.4 Å². The minimum Gasteiger partial charge on any atom is -0.497 e. The summed E-state index contributed by atoms with van der Waals surface area (Å²) in [6.45, 7) is 0.661. The largest absolute Gasteiger partial charge is 0.497 e. The van der Waals surface area contributed by atoms with Crippen molar-refractivity contribution in [1.82, 2.24) is 24.4 Å². The monoisotopic (exact) mass is 425 g/mol. The number of fused-ring (bicyclic) bond motifs is 1. The molecule has 0 unspecified atom stereocenters. The topological polar surface area (TPSA) is 117 Å². The first kappa shape index (κ1) is 20.7. The van der Waals surface area contributed by atoms with Crippen molar-refractivity contribution >= 4 is 16.9 Å². The summed E-state index contributed by atoms with van der Waals surface area (Å²) in [5.74, 6) is 0.638. The van der Waals surface area contributed by atoms with Crippen LogP contribution in [0.3, 0.4) is 0 Å². The maximum Gasteiger partial charge on any atom is 0.332 e. The predicted molar refractivity (Wildman–Crippen MR) is 113 cm³/mol. The van der Waals surface area contributed by atoms with E-state index in [1.54, 1.807) is 31.4 Å². The van der Waals surface area contributed by atoms with Crippen molar-refractivity contribution in [3.63, 3.8) is 0 Å². The molecule has 2 aromatic heterocycles. The standard InChI is InChI=1S/C21H23N5O5/c1-25-19-16(11-23-18(24-19)13-5-7-14(30-2)8-6-13)20(28)26(21(25)29)12-17(27)22-10-15-4-3-9-31-15/h5-8,11,15H,3-4,9-10,12H2,1-2H3,(H,22,27)/t15-/m1/s1. The molecule has 0 aliphatic carbocycles. The zero-order valence-electron chi connectivity index (χ0n) is 17.3. The lowest BCUT2D eigenvalue weighted by Gasteiger charge is -2.13. The summed E-state index contributed by atoms with van der Waals surface area (Å²) >= 11 is 0. The number of nitrogens with one attached hydrogen (secondary N) is 1. The van der Waals surface area contributed by atoms with E-state index in [-0.39, 0.29) is 23.7 Å². The van der Waals surface area contributed by atoms with E-state index >= 15 is 0 Å². The number of aromatic nitrogens is 4. The summed E-state index contributed by atoms with van der Waals surface area (Å²) in [6.07, 6.45) is 3.20. The minimum atomic E-state index is -0.621. The van der Waals surface area contributed by atoms with Gasteiger partial charge in [-0.05, 0) is 37.1 Å². The van der Waals surface area contributed by atoms with Crippen LogP contribution in [0.15, 0.2) is 40.1 Å². The third-order valence-electron chi connectivity index (χ3n) is 5.28. The van der Waals surface area contributed by atoms with Gasteiger partial charge < -0.3 is 14.8 Å². The highest BCUT2D eigenvalue weighted by molar-refractivity contribution is 5.78. The molecule has 4 rings (SSSR count). The first-order valence-electron chi connectivity index (χ1n) is 9.97. The van der Waals surface area contributed by atoms with Crippen LogP contribution in [-0.2, 0) is 23.1 Å². The lowest BCUT2D eigenvalue weighted by molar-refractivity contribution is -0.122. The van der Waals surface area contributed by atoms with E-state index in [1.165, 1.54) is 17.8 Å². The average Bonchev–Trinajstić information content (AvgIpc) is 3.32. The molecule has 0 bridgehead atoms. The smallest absolute Gasteiger partial charge is 0.332 e. The quantitative estimate of drug-likeness (QED) is 0.610. The lowest BCUT2D eigenvalue weighted by Crippen LogP contribution is -2.44. The second kappa shape index (κ2) is 8.68. The molecule has 162 valence electrons. The van der Waals surface area contributed by atoms with Crippen LogP contribution < -0.4 is 21.3 Å². The number of hydrogen-bond donors (Lipinski definition) is 1. The van der Waals surface area contributed by atoms with Gasteiger partial charge in [0.25, 0.3) is 5.56 Å². The fourth-order valence-corrected chi connectivity index (χ4v) is 3.53. The molecule has 3 heterocycles. The molecule has 31 heavy (non-hydrogen) atoms. The van der Waals surface area contributed by atoms with Crippen LogP contribution in [0.1, 0.15) is 12.8 Å². The van der Waals surface area contributed by atoms with Crippen molar-refractivity contribution < 1.29 is 14.3 Å². The zero-order valence-corrected chi connectivity index (χ0v) is 17.3. The third-order valence-corrected chi connectivity index (χ3v) is 5.28. The Morgan fingerprint density at radius 1 is 1.29 bits per heavy atom. The maximum absolute atomic E-state index is 12.9. The number of nitrogens with zero attached hydrogens (tertiary/aromatic N) is 4. The van der Waals surface area contributed by atoms with Crippen molar-refractivity contribution in [3.05, 3.63) is 51.3 Å². The summed E-state index contributed by atoms with van der Waals surface area (Å²) in [4.78, 5) is 46.6. The normalized spacial score (nSPS) is 15.9. The van der Waals surface area contributed by atoms with Crippen LogP contribution in [0, 0.1) is 0 Å². The average molecular weight is 425 g/mol. The Morgan fingerprint density at radius 2 is 2.06 bits per heavy atom. The molecule has 3 aromatic rings. The fraction of sp³-hybridized carbons (Fsp3) is 0.381. The molecule has 1 fully saturated rings. The molecule has 1 saturated heterocycles. The van der Waals surface area contributed by atoms with Crippen LogP contribution in [0.2, 0.25) is 0 Å². The predicted octanol–water partition coefficient (Wildman–Crippen LogP) is 0.461. The maximum atomic E-state index is 12.9. The molecular weight excluding hydrogens is 402 g/mol. The molecule has 1 aliphatic heterocycles. The molecule has 1 aromatic carbocycles. The van der Waals surface area contributed by atoms with Crippen molar-refractivity contribution in [1.29, 1.82) is 0 Å². The molecular formula is C21H23N5O5. The molecule has 1 amide bonds. The number of methoxy groups -OCH3 is 1. The van der Waals surface area contributed by atoms with Gasteiger partial charge in [0, 0.05) is 32.0 Å². The van der Waals surface area contributed by atoms with Gasteiger partial charge in [-0.3, -0.25) is 18.7 Å². The Balaban J connectivity index is 1.63. The number of carbonyl (C=O) groups excluding carboxylic acids is 1. The molecule has 0 radical (unpaired) electrons. The molecule has 1 N–H and O–H groups in total. The van der Waals surface area contributed by atoms with E-state index in [4.69, 9.17) is 9.47 Å².